The zero-order valence-electron chi connectivity index (χ0n) is 11.5. The summed E-state index contributed by atoms with van der Waals surface area (Å²) < 4.78 is 10.6. The van der Waals surface area contributed by atoms with E-state index in [1.54, 1.807) is 0 Å². The highest BCUT2D eigenvalue weighted by atomic mass is 16.5. The molecule has 4 nitrogen and oxygen atoms in total. The molecule has 1 aromatic carbocycles. The molecule has 0 aromatic heterocycles. The summed E-state index contributed by atoms with van der Waals surface area (Å²) in [5, 5.41) is 3.33. The molecule has 0 aliphatic heterocycles. The van der Waals surface area contributed by atoms with Crippen LogP contribution in [0.15, 0.2) is 24.3 Å². The molecule has 1 aromatic rings. The number of benzene rings is 1. The maximum atomic E-state index is 12.1. The maximum absolute atomic E-state index is 12.1. The van der Waals surface area contributed by atoms with Crippen LogP contribution in [0.5, 0.6) is 5.75 Å². The second-order valence-corrected chi connectivity index (χ2v) is 4.63. The van der Waals surface area contributed by atoms with Gasteiger partial charge in [-0.2, -0.15) is 0 Å². The quantitative estimate of drug-likeness (QED) is 0.768. The average molecular weight is 263 g/mol. The van der Waals surface area contributed by atoms with Gasteiger partial charge in [-0.1, -0.05) is 12.1 Å². The Morgan fingerprint density at radius 1 is 1.37 bits per heavy atom. The van der Waals surface area contributed by atoms with Crippen LogP contribution in [0.2, 0.25) is 0 Å². The Kier molecular flexibility index (Phi) is 4.80. The van der Waals surface area contributed by atoms with E-state index in [2.05, 4.69) is 5.32 Å². The number of carbonyl (C=O) groups is 1. The fourth-order valence-electron chi connectivity index (χ4n) is 1.96. The van der Waals surface area contributed by atoms with E-state index in [0.29, 0.717) is 19.3 Å². The van der Waals surface area contributed by atoms with E-state index in [1.165, 1.54) is 0 Å². The van der Waals surface area contributed by atoms with Crippen molar-refractivity contribution < 1.29 is 14.3 Å². The molecule has 0 spiro atoms. The van der Waals surface area contributed by atoms with E-state index >= 15 is 0 Å². The molecule has 1 atom stereocenters. The predicted octanol–water partition coefficient (Wildman–Crippen LogP) is 2.44. The molecule has 0 heterocycles. The van der Waals surface area contributed by atoms with Crippen LogP contribution < -0.4 is 10.1 Å². The van der Waals surface area contributed by atoms with Crippen molar-refractivity contribution >= 4 is 5.97 Å². The van der Waals surface area contributed by atoms with Gasteiger partial charge in [0.05, 0.1) is 13.2 Å². The van der Waals surface area contributed by atoms with Crippen LogP contribution in [-0.2, 0) is 9.53 Å². The van der Waals surface area contributed by atoms with Crippen LogP contribution in [0.25, 0.3) is 0 Å². The molecule has 104 valence electrons. The van der Waals surface area contributed by atoms with Gasteiger partial charge in [0.1, 0.15) is 11.8 Å². The first-order valence-corrected chi connectivity index (χ1v) is 6.90. The Morgan fingerprint density at radius 2 is 2.16 bits per heavy atom. The third kappa shape index (κ3) is 3.96. The normalized spacial score (nSPS) is 15.9. The van der Waals surface area contributed by atoms with Gasteiger partial charge in [-0.3, -0.25) is 5.32 Å². The molecular formula is C15H21NO3. The lowest BCUT2D eigenvalue weighted by Crippen LogP contribution is -2.31. The highest BCUT2D eigenvalue weighted by molar-refractivity contribution is 5.78. The van der Waals surface area contributed by atoms with Crippen molar-refractivity contribution in [2.75, 3.05) is 13.2 Å². The summed E-state index contributed by atoms with van der Waals surface area (Å²) in [6.07, 6.45) is 2.25. The van der Waals surface area contributed by atoms with Crippen LogP contribution in [0, 0.1) is 0 Å². The van der Waals surface area contributed by atoms with Crippen LogP contribution >= 0.6 is 0 Å². The Hall–Kier alpha value is -1.55. The molecule has 1 aliphatic rings. The van der Waals surface area contributed by atoms with Gasteiger partial charge in [0.25, 0.3) is 0 Å². The molecule has 1 fully saturated rings. The molecule has 0 bridgehead atoms. The van der Waals surface area contributed by atoms with E-state index in [9.17, 15) is 4.79 Å². The lowest BCUT2D eigenvalue weighted by Gasteiger charge is -2.18. The zero-order chi connectivity index (χ0) is 13.7. The summed E-state index contributed by atoms with van der Waals surface area (Å²) in [4.78, 5) is 12.1. The summed E-state index contributed by atoms with van der Waals surface area (Å²) in [6.45, 7) is 4.77. The Balaban J connectivity index is 2.15. The smallest absolute Gasteiger partial charge is 0.327 e. The summed E-state index contributed by atoms with van der Waals surface area (Å²) in [5.41, 5.74) is 0.899. The molecule has 1 unspecified atom stereocenters. The van der Waals surface area contributed by atoms with E-state index in [0.717, 1.165) is 24.2 Å². The van der Waals surface area contributed by atoms with E-state index < -0.39 is 6.04 Å². The van der Waals surface area contributed by atoms with Crippen molar-refractivity contribution in [3.63, 3.8) is 0 Å². The van der Waals surface area contributed by atoms with Crippen molar-refractivity contribution in [1.29, 1.82) is 0 Å². The molecule has 1 aliphatic carbocycles. The third-order valence-corrected chi connectivity index (χ3v) is 3.00. The predicted molar refractivity (Wildman–Crippen MR) is 73.1 cm³/mol. The van der Waals surface area contributed by atoms with Crippen molar-refractivity contribution in [2.45, 2.75) is 38.8 Å². The number of esters is 1. The number of ether oxygens (including phenoxy) is 2. The Morgan fingerprint density at radius 3 is 2.79 bits per heavy atom. The van der Waals surface area contributed by atoms with Crippen LogP contribution in [0.1, 0.15) is 38.3 Å². The Bertz CT molecular complexity index is 429. The van der Waals surface area contributed by atoms with Gasteiger partial charge < -0.3 is 9.47 Å². The number of carbonyl (C=O) groups excluding carboxylic acids is 1. The first kappa shape index (κ1) is 13.9. The minimum Gasteiger partial charge on any atom is -0.494 e. The highest BCUT2D eigenvalue weighted by Crippen LogP contribution is 2.26. The summed E-state index contributed by atoms with van der Waals surface area (Å²) in [7, 11) is 0. The Labute approximate surface area is 114 Å². The highest BCUT2D eigenvalue weighted by Gasteiger charge is 2.30. The van der Waals surface area contributed by atoms with Gasteiger partial charge in [0, 0.05) is 6.04 Å². The molecular weight excluding hydrogens is 242 g/mol. The van der Waals surface area contributed by atoms with Gasteiger partial charge in [-0.05, 0) is 44.4 Å². The number of nitrogens with one attached hydrogen (secondary N) is 1. The lowest BCUT2D eigenvalue weighted by molar-refractivity contribution is -0.145. The largest absolute Gasteiger partial charge is 0.494 e. The van der Waals surface area contributed by atoms with Crippen molar-refractivity contribution in [1.82, 2.24) is 5.32 Å². The second-order valence-electron chi connectivity index (χ2n) is 4.63. The maximum Gasteiger partial charge on any atom is 0.327 e. The van der Waals surface area contributed by atoms with Crippen molar-refractivity contribution in [2.24, 2.45) is 0 Å². The van der Waals surface area contributed by atoms with Gasteiger partial charge in [-0.15, -0.1) is 0 Å². The first-order valence-electron chi connectivity index (χ1n) is 6.90. The van der Waals surface area contributed by atoms with Gasteiger partial charge in [-0.25, -0.2) is 4.79 Å². The van der Waals surface area contributed by atoms with Crippen molar-refractivity contribution in [3.8, 4) is 5.75 Å². The summed E-state index contributed by atoms with van der Waals surface area (Å²) in [6, 6.07) is 7.67. The third-order valence-electron chi connectivity index (χ3n) is 3.00. The summed E-state index contributed by atoms with van der Waals surface area (Å²) in [5.74, 6) is 0.565. The monoisotopic (exact) mass is 263 g/mol. The molecule has 0 radical (unpaired) electrons. The van der Waals surface area contributed by atoms with Crippen LogP contribution in [0.4, 0.5) is 0 Å². The molecule has 1 N–H and O–H groups in total. The van der Waals surface area contributed by atoms with E-state index in [-0.39, 0.29) is 5.97 Å². The average Bonchev–Trinajstić information content (AvgIpc) is 3.21. The first-order chi connectivity index (χ1) is 9.24. The minimum atomic E-state index is -0.396. The van der Waals surface area contributed by atoms with Crippen LogP contribution in [-0.4, -0.2) is 25.2 Å². The second kappa shape index (κ2) is 6.57. The fraction of sp³-hybridized carbons (Fsp3) is 0.533. The molecule has 2 rings (SSSR count). The van der Waals surface area contributed by atoms with Crippen molar-refractivity contribution in [3.05, 3.63) is 29.8 Å². The molecule has 0 amide bonds. The molecule has 19 heavy (non-hydrogen) atoms. The zero-order valence-corrected chi connectivity index (χ0v) is 11.5. The number of hydrogen-bond acceptors (Lipinski definition) is 4. The fourth-order valence-corrected chi connectivity index (χ4v) is 1.96. The SMILES string of the molecule is CCOC(=O)C(NC1CC1)c1cccc(OCC)c1. The summed E-state index contributed by atoms with van der Waals surface area (Å²) >= 11 is 0. The molecule has 4 heteroatoms. The lowest BCUT2D eigenvalue weighted by atomic mass is 10.1. The van der Waals surface area contributed by atoms with Gasteiger partial charge >= 0.3 is 5.97 Å². The van der Waals surface area contributed by atoms with E-state index in [4.69, 9.17) is 9.47 Å². The minimum absolute atomic E-state index is 0.219. The van der Waals surface area contributed by atoms with Gasteiger partial charge in [0.15, 0.2) is 0 Å². The van der Waals surface area contributed by atoms with E-state index in [1.807, 2.05) is 38.1 Å². The standard InChI is InChI=1S/C15H21NO3/c1-3-18-13-7-5-6-11(10-13)14(15(17)19-4-2)16-12-8-9-12/h5-7,10,12,14,16H,3-4,8-9H2,1-2H3. The number of rotatable bonds is 7. The van der Waals surface area contributed by atoms with Gasteiger partial charge in [0.2, 0.25) is 0 Å². The topological polar surface area (TPSA) is 47.6 Å². The molecule has 0 saturated heterocycles. The number of hydrogen-bond donors (Lipinski definition) is 1. The molecule has 1 saturated carbocycles. The van der Waals surface area contributed by atoms with Crippen LogP contribution in [0.3, 0.4) is 0 Å².